The van der Waals surface area contributed by atoms with E-state index in [0.717, 1.165) is 55.5 Å². The Bertz CT molecular complexity index is 809. The Hall–Kier alpha value is -1.58. The second-order valence-electron chi connectivity index (χ2n) is 7.33. The van der Waals surface area contributed by atoms with Crippen LogP contribution in [0.4, 0.5) is 5.82 Å². The third-order valence-corrected chi connectivity index (χ3v) is 5.31. The van der Waals surface area contributed by atoms with Gasteiger partial charge in [0.2, 0.25) is 0 Å². The van der Waals surface area contributed by atoms with E-state index in [2.05, 4.69) is 37.6 Å². The van der Waals surface area contributed by atoms with Crippen molar-refractivity contribution in [2.45, 2.75) is 38.8 Å². The molecule has 8 heteroatoms. The maximum atomic E-state index is 10.4. The second kappa shape index (κ2) is 12.3. The van der Waals surface area contributed by atoms with E-state index in [-0.39, 0.29) is 24.0 Å². The molecule has 1 aromatic carbocycles. The molecule has 1 unspecified atom stereocenters. The maximum Gasteiger partial charge on any atom is 0.191 e. The molecule has 0 spiro atoms. The zero-order valence-electron chi connectivity index (χ0n) is 17.5. The predicted molar refractivity (Wildman–Crippen MR) is 135 cm³/mol. The summed E-state index contributed by atoms with van der Waals surface area (Å²) in [7, 11) is 0. The van der Waals surface area contributed by atoms with Crippen LogP contribution in [-0.4, -0.2) is 48.3 Å². The van der Waals surface area contributed by atoms with E-state index in [1.54, 1.807) is 12.1 Å². The van der Waals surface area contributed by atoms with Gasteiger partial charge in [0.05, 0.1) is 12.6 Å². The van der Waals surface area contributed by atoms with Crippen LogP contribution in [0.2, 0.25) is 5.02 Å². The molecular formula is C22H31ClIN5O. The molecule has 2 heterocycles. The molecule has 2 aromatic rings. The van der Waals surface area contributed by atoms with Gasteiger partial charge in [-0.3, -0.25) is 4.99 Å². The largest absolute Gasteiger partial charge is 0.386 e. The van der Waals surface area contributed by atoms with Crippen LogP contribution in [0, 0.1) is 6.92 Å². The predicted octanol–water partition coefficient (Wildman–Crippen LogP) is 3.92. The Kier molecular flexibility index (Phi) is 10.1. The average Bonchev–Trinajstić information content (AvgIpc) is 2.73. The van der Waals surface area contributed by atoms with Crippen molar-refractivity contribution in [2.75, 3.05) is 31.1 Å². The van der Waals surface area contributed by atoms with Crippen molar-refractivity contribution >= 4 is 47.4 Å². The summed E-state index contributed by atoms with van der Waals surface area (Å²) in [6.45, 7) is 7.05. The number of nitrogens with zero attached hydrogens (tertiary/aromatic N) is 3. The van der Waals surface area contributed by atoms with Crippen molar-refractivity contribution in [3.63, 3.8) is 0 Å². The molecular weight excluding hydrogens is 513 g/mol. The van der Waals surface area contributed by atoms with E-state index < -0.39 is 6.10 Å². The van der Waals surface area contributed by atoms with Gasteiger partial charge in [-0.15, -0.1) is 24.0 Å². The molecule has 1 saturated heterocycles. The Balaban J connectivity index is 0.00000320. The number of aliphatic hydroxyl groups is 1. The fourth-order valence-electron chi connectivity index (χ4n) is 3.44. The molecule has 1 fully saturated rings. The quantitative estimate of drug-likeness (QED) is 0.293. The highest BCUT2D eigenvalue weighted by Crippen LogP contribution is 2.19. The Labute approximate surface area is 201 Å². The number of piperidine rings is 1. The van der Waals surface area contributed by atoms with Crippen molar-refractivity contribution in [2.24, 2.45) is 4.99 Å². The first kappa shape index (κ1) is 24.7. The molecule has 3 N–H and O–H groups in total. The monoisotopic (exact) mass is 543 g/mol. The first-order chi connectivity index (χ1) is 14.0. The van der Waals surface area contributed by atoms with Crippen molar-refractivity contribution in [1.82, 2.24) is 15.6 Å². The normalized spacial score (nSPS) is 16.0. The number of hydrogen-bond donors (Lipinski definition) is 3. The van der Waals surface area contributed by atoms with Gasteiger partial charge in [0.1, 0.15) is 5.82 Å². The van der Waals surface area contributed by atoms with Gasteiger partial charge in [0.25, 0.3) is 0 Å². The summed E-state index contributed by atoms with van der Waals surface area (Å²) in [6.07, 6.45) is 1.37. The molecule has 30 heavy (non-hydrogen) atoms. The van der Waals surface area contributed by atoms with Gasteiger partial charge in [-0.25, -0.2) is 4.98 Å². The number of aliphatic hydroxyl groups excluding tert-OH is 1. The van der Waals surface area contributed by atoms with E-state index in [4.69, 9.17) is 11.6 Å². The summed E-state index contributed by atoms with van der Waals surface area (Å²) in [5.41, 5.74) is 1.86. The minimum atomic E-state index is -0.656. The average molecular weight is 544 g/mol. The number of hydrogen-bond acceptors (Lipinski definition) is 4. The molecule has 1 aliphatic rings. The van der Waals surface area contributed by atoms with Crippen LogP contribution in [0.25, 0.3) is 0 Å². The number of rotatable bonds is 6. The van der Waals surface area contributed by atoms with Crippen molar-refractivity contribution in [3.8, 4) is 0 Å². The van der Waals surface area contributed by atoms with Crippen LogP contribution in [0.15, 0.2) is 47.5 Å². The zero-order valence-corrected chi connectivity index (χ0v) is 20.6. The highest BCUT2D eigenvalue weighted by Gasteiger charge is 2.21. The Morgan fingerprint density at radius 1 is 1.23 bits per heavy atom. The summed E-state index contributed by atoms with van der Waals surface area (Å²) in [6, 6.07) is 13.7. The third-order valence-electron chi connectivity index (χ3n) is 5.05. The fourth-order valence-corrected chi connectivity index (χ4v) is 3.57. The van der Waals surface area contributed by atoms with E-state index in [0.29, 0.717) is 17.6 Å². The fraction of sp³-hybridized carbons (Fsp3) is 0.455. The van der Waals surface area contributed by atoms with Gasteiger partial charge in [0, 0.05) is 36.4 Å². The summed E-state index contributed by atoms with van der Waals surface area (Å²) in [5.74, 6) is 1.79. The number of nitrogens with one attached hydrogen (secondary N) is 2. The van der Waals surface area contributed by atoms with Crippen LogP contribution in [0.5, 0.6) is 0 Å². The summed E-state index contributed by atoms with van der Waals surface area (Å²) < 4.78 is 0. The number of pyridine rings is 1. The lowest BCUT2D eigenvalue weighted by molar-refractivity contribution is 0.187. The van der Waals surface area contributed by atoms with Gasteiger partial charge in [-0.05, 0) is 56.5 Å². The van der Waals surface area contributed by atoms with Crippen LogP contribution in [0.1, 0.15) is 37.1 Å². The first-order valence-electron chi connectivity index (χ1n) is 10.2. The molecule has 0 amide bonds. The molecule has 0 saturated carbocycles. The van der Waals surface area contributed by atoms with Crippen LogP contribution < -0.4 is 15.5 Å². The molecule has 6 nitrogen and oxygen atoms in total. The standard InChI is InChI=1S/C22H30ClN5O.HI/c1-3-24-22(25-15-20(29)17-7-9-18(23)10-8-17)27-19-11-13-28(14-12-19)21-6-4-5-16(2)26-21;/h4-10,19-20,29H,3,11-15H2,1-2H3,(H2,24,25,27);1H. The Morgan fingerprint density at radius 2 is 1.93 bits per heavy atom. The topological polar surface area (TPSA) is 72.8 Å². The van der Waals surface area contributed by atoms with E-state index in [1.165, 1.54) is 0 Å². The molecule has 3 rings (SSSR count). The van der Waals surface area contributed by atoms with Gasteiger partial charge in [-0.2, -0.15) is 0 Å². The molecule has 0 bridgehead atoms. The van der Waals surface area contributed by atoms with Gasteiger partial charge in [-0.1, -0.05) is 29.8 Å². The lowest BCUT2D eigenvalue weighted by Crippen LogP contribution is -2.49. The van der Waals surface area contributed by atoms with Gasteiger partial charge >= 0.3 is 0 Å². The number of benzene rings is 1. The third kappa shape index (κ3) is 7.28. The second-order valence-corrected chi connectivity index (χ2v) is 7.77. The van der Waals surface area contributed by atoms with Gasteiger partial charge in [0.15, 0.2) is 5.96 Å². The van der Waals surface area contributed by atoms with E-state index in [9.17, 15) is 5.11 Å². The molecule has 0 aliphatic carbocycles. The first-order valence-corrected chi connectivity index (χ1v) is 10.6. The van der Waals surface area contributed by atoms with Crippen molar-refractivity contribution < 1.29 is 5.11 Å². The number of guanidine groups is 1. The minimum Gasteiger partial charge on any atom is -0.386 e. The lowest BCUT2D eigenvalue weighted by atomic mass is 10.1. The maximum absolute atomic E-state index is 10.4. The molecule has 0 radical (unpaired) electrons. The Morgan fingerprint density at radius 3 is 2.57 bits per heavy atom. The van der Waals surface area contributed by atoms with Crippen LogP contribution in [0.3, 0.4) is 0 Å². The number of halogens is 2. The van der Waals surface area contributed by atoms with Crippen LogP contribution >= 0.6 is 35.6 Å². The lowest BCUT2D eigenvalue weighted by Gasteiger charge is -2.34. The van der Waals surface area contributed by atoms with Gasteiger partial charge < -0.3 is 20.6 Å². The number of aromatic nitrogens is 1. The molecule has 1 aliphatic heterocycles. The van der Waals surface area contributed by atoms with Crippen molar-refractivity contribution in [3.05, 3.63) is 58.7 Å². The summed E-state index contributed by atoms with van der Waals surface area (Å²) in [4.78, 5) is 11.5. The molecule has 1 aromatic heterocycles. The zero-order chi connectivity index (χ0) is 20.6. The number of anilines is 1. The number of aliphatic imine (C=N–C) groups is 1. The molecule has 1 atom stereocenters. The highest BCUT2D eigenvalue weighted by atomic mass is 127. The number of aryl methyl sites for hydroxylation is 1. The van der Waals surface area contributed by atoms with E-state index in [1.807, 2.05) is 32.0 Å². The minimum absolute atomic E-state index is 0. The van der Waals surface area contributed by atoms with Crippen LogP contribution in [-0.2, 0) is 0 Å². The van der Waals surface area contributed by atoms with E-state index >= 15 is 0 Å². The van der Waals surface area contributed by atoms with Crippen molar-refractivity contribution in [1.29, 1.82) is 0 Å². The summed E-state index contributed by atoms with van der Waals surface area (Å²) >= 11 is 5.91. The highest BCUT2D eigenvalue weighted by molar-refractivity contribution is 14.0. The SMILES string of the molecule is CCNC(=NCC(O)c1ccc(Cl)cc1)NC1CCN(c2cccc(C)n2)CC1.I. The molecule has 164 valence electrons. The smallest absolute Gasteiger partial charge is 0.191 e. The summed E-state index contributed by atoms with van der Waals surface area (Å²) in [5, 5.41) is 17.8.